The van der Waals surface area contributed by atoms with Crippen LogP contribution in [0, 0.1) is 20.8 Å². The number of rotatable bonds is 11. The van der Waals surface area contributed by atoms with E-state index in [2.05, 4.69) is 61.5 Å². The van der Waals surface area contributed by atoms with E-state index in [0.717, 1.165) is 53.9 Å². The molecule has 0 bridgehead atoms. The number of benzene rings is 1. The molecule has 0 spiro atoms. The molecule has 2 rings (SSSR count). The minimum atomic E-state index is 0.563. The van der Waals surface area contributed by atoms with E-state index >= 15 is 0 Å². The molecular formula is C22H34N4O2S. The summed E-state index contributed by atoms with van der Waals surface area (Å²) in [5, 5.41) is 7.87. The average molecular weight is 419 g/mol. The summed E-state index contributed by atoms with van der Waals surface area (Å²) in [5.41, 5.74) is 3.39. The highest BCUT2D eigenvalue weighted by molar-refractivity contribution is 7.11. The van der Waals surface area contributed by atoms with Crippen LogP contribution < -0.4 is 15.4 Å². The monoisotopic (exact) mass is 418 g/mol. The van der Waals surface area contributed by atoms with E-state index < -0.39 is 0 Å². The molecule has 0 atom stereocenters. The second kappa shape index (κ2) is 12.4. The van der Waals surface area contributed by atoms with Gasteiger partial charge in [-0.05, 0) is 39.3 Å². The summed E-state index contributed by atoms with van der Waals surface area (Å²) in [7, 11) is 1.71. The molecule has 0 aliphatic carbocycles. The van der Waals surface area contributed by atoms with Crippen LogP contribution in [0.3, 0.4) is 0 Å². The number of thiazole rings is 1. The lowest BCUT2D eigenvalue weighted by atomic mass is 10.1. The fourth-order valence-corrected chi connectivity index (χ4v) is 3.85. The Morgan fingerprint density at radius 1 is 1.17 bits per heavy atom. The Balaban J connectivity index is 1.96. The summed E-state index contributed by atoms with van der Waals surface area (Å²) in [6.07, 6.45) is 1.81. The van der Waals surface area contributed by atoms with Gasteiger partial charge in [0.15, 0.2) is 5.96 Å². The lowest BCUT2D eigenvalue weighted by Crippen LogP contribution is -2.38. The van der Waals surface area contributed by atoms with Crippen molar-refractivity contribution < 1.29 is 9.47 Å². The predicted octanol–water partition coefficient (Wildman–Crippen LogP) is 3.78. The van der Waals surface area contributed by atoms with Gasteiger partial charge in [-0.1, -0.05) is 12.1 Å². The first-order chi connectivity index (χ1) is 14.0. The third-order valence-electron chi connectivity index (χ3n) is 4.37. The molecule has 1 heterocycles. The molecule has 0 radical (unpaired) electrons. The van der Waals surface area contributed by atoms with Crippen LogP contribution in [-0.2, 0) is 17.7 Å². The highest BCUT2D eigenvalue weighted by Gasteiger charge is 2.07. The minimum Gasteiger partial charge on any atom is -0.493 e. The summed E-state index contributed by atoms with van der Waals surface area (Å²) in [6, 6.07) is 6.27. The average Bonchev–Trinajstić information content (AvgIpc) is 3.01. The van der Waals surface area contributed by atoms with Crippen LogP contribution in [0.5, 0.6) is 5.75 Å². The molecule has 0 aliphatic heterocycles. The highest BCUT2D eigenvalue weighted by Crippen LogP contribution is 2.21. The maximum Gasteiger partial charge on any atom is 0.191 e. The van der Waals surface area contributed by atoms with Crippen LogP contribution in [0.4, 0.5) is 0 Å². The number of aromatic nitrogens is 1. The number of guanidine groups is 1. The Bertz CT molecular complexity index is 789. The zero-order valence-corrected chi connectivity index (χ0v) is 19.1. The molecule has 0 amide bonds. The molecule has 1 aromatic carbocycles. The van der Waals surface area contributed by atoms with Crippen LogP contribution in [0.1, 0.15) is 40.1 Å². The Kier molecular flexibility index (Phi) is 9.94. The first-order valence-corrected chi connectivity index (χ1v) is 11.0. The molecular weight excluding hydrogens is 384 g/mol. The van der Waals surface area contributed by atoms with Gasteiger partial charge < -0.3 is 20.1 Å². The van der Waals surface area contributed by atoms with Gasteiger partial charge in [-0.3, -0.25) is 0 Å². The van der Waals surface area contributed by atoms with Crippen molar-refractivity contribution in [2.75, 3.05) is 33.4 Å². The van der Waals surface area contributed by atoms with Crippen LogP contribution in [0.25, 0.3) is 0 Å². The van der Waals surface area contributed by atoms with Crippen molar-refractivity contribution in [2.45, 2.75) is 47.1 Å². The molecule has 0 saturated heterocycles. The van der Waals surface area contributed by atoms with Crippen molar-refractivity contribution in [3.63, 3.8) is 0 Å². The van der Waals surface area contributed by atoms with Gasteiger partial charge in [0.05, 0.1) is 23.9 Å². The quantitative estimate of drug-likeness (QED) is 0.330. The molecule has 0 unspecified atom stereocenters. The third-order valence-corrected chi connectivity index (χ3v) is 5.50. The fraction of sp³-hybridized carbons (Fsp3) is 0.545. The van der Waals surface area contributed by atoms with Gasteiger partial charge in [0.2, 0.25) is 0 Å². The molecule has 1 aromatic heterocycles. The number of ether oxygens (including phenoxy) is 2. The van der Waals surface area contributed by atoms with E-state index in [1.54, 1.807) is 18.4 Å². The van der Waals surface area contributed by atoms with Gasteiger partial charge in [0.1, 0.15) is 5.75 Å². The first kappa shape index (κ1) is 23.2. The third kappa shape index (κ3) is 8.03. The number of aryl methyl sites for hydroxylation is 3. The second-order valence-electron chi connectivity index (χ2n) is 6.92. The summed E-state index contributed by atoms with van der Waals surface area (Å²) in [4.78, 5) is 10.6. The topological polar surface area (TPSA) is 67.8 Å². The van der Waals surface area contributed by atoms with Gasteiger partial charge in [-0.15, -0.1) is 11.3 Å². The molecule has 160 valence electrons. The molecule has 7 heteroatoms. The Labute approximate surface area is 178 Å². The molecule has 0 saturated carbocycles. The normalized spacial score (nSPS) is 11.6. The smallest absolute Gasteiger partial charge is 0.191 e. The number of nitrogens with zero attached hydrogens (tertiary/aromatic N) is 2. The number of aliphatic imine (C=N–C) groups is 1. The lowest BCUT2D eigenvalue weighted by Gasteiger charge is -2.13. The van der Waals surface area contributed by atoms with Crippen molar-refractivity contribution in [2.24, 2.45) is 4.99 Å². The van der Waals surface area contributed by atoms with E-state index in [9.17, 15) is 0 Å². The summed E-state index contributed by atoms with van der Waals surface area (Å²) >= 11 is 1.77. The first-order valence-electron chi connectivity index (χ1n) is 10.2. The van der Waals surface area contributed by atoms with E-state index in [-0.39, 0.29) is 0 Å². The molecule has 2 N–H and O–H groups in total. The highest BCUT2D eigenvalue weighted by atomic mass is 32.1. The van der Waals surface area contributed by atoms with Gasteiger partial charge in [0, 0.05) is 50.1 Å². The Morgan fingerprint density at radius 2 is 2.00 bits per heavy atom. The fourth-order valence-electron chi connectivity index (χ4n) is 2.92. The largest absolute Gasteiger partial charge is 0.493 e. The summed E-state index contributed by atoms with van der Waals surface area (Å²) < 4.78 is 11.1. The Morgan fingerprint density at radius 3 is 2.69 bits per heavy atom. The zero-order valence-electron chi connectivity index (χ0n) is 18.3. The molecule has 29 heavy (non-hydrogen) atoms. The van der Waals surface area contributed by atoms with Crippen molar-refractivity contribution in [1.29, 1.82) is 0 Å². The van der Waals surface area contributed by atoms with Crippen molar-refractivity contribution in [3.05, 3.63) is 44.9 Å². The lowest BCUT2D eigenvalue weighted by molar-refractivity contribution is 0.172. The van der Waals surface area contributed by atoms with Crippen LogP contribution in [-0.4, -0.2) is 44.4 Å². The second-order valence-corrected chi connectivity index (χ2v) is 8.21. The van der Waals surface area contributed by atoms with Gasteiger partial charge in [-0.2, -0.15) is 0 Å². The standard InChI is InChI=1S/C22H34N4O2S/c1-6-23-22(24-11-10-21-17(3)26-18(4)29-21)25-15-19-9-8-16(2)14-20(19)28-13-7-12-27-5/h8-9,14H,6-7,10-13,15H2,1-5H3,(H2,23,24,25). The zero-order chi connectivity index (χ0) is 21.1. The van der Waals surface area contributed by atoms with E-state index in [0.29, 0.717) is 19.8 Å². The van der Waals surface area contributed by atoms with E-state index in [1.165, 1.54) is 10.4 Å². The van der Waals surface area contributed by atoms with Crippen LogP contribution in [0.2, 0.25) is 0 Å². The van der Waals surface area contributed by atoms with Crippen molar-refractivity contribution in [1.82, 2.24) is 15.6 Å². The van der Waals surface area contributed by atoms with Crippen LogP contribution >= 0.6 is 11.3 Å². The van der Waals surface area contributed by atoms with Crippen molar-refractivity contribution in [3.8, 4) is 5.75 Å². The molecule has 0 fully saturated rings. The molecule has 2 aromatic rings. The summed E-state index contributed by atoms with van der Waals surface area (Å²) in [5.74, 6) is 1.72. The minimum absolute atomic E-state index is 0.563. The van der Waals surface area contributed by atoms with Gasteiger partial charge in [-0.25, -0.2) is 9.98 Å². The van der Waals surface area contributed by atoms with Crippen LogP contribution in [0.15, 0.2) is 23.2 Å². The molecule has 6 nitrogen and oxygen atoms in total. The number of hydrogen-bond acceptors (Lipinski definition) is 5. The van der Waals surface area contributed by atoms with E-state index in [4.69, 9.17) is 14.5 Å². The number of methoxy groups -OCH3 is 1. The number of hydrogen-bond donors (Lipinski definition) is 2. The molecule has 0 aliphatic rings. The van der Waals surface area contributed by atoms with E-state index in [1.807, 2.05) is 0 Å². The van der Waals surface area contributed by atoms with Gasteiger partial charge >= 0.3 is 0 Å². The van der Waals surface area contributed by atoms with Gasteiger partial charge in [0.25, 0.3) is 0 Å². The van der Waals surface area contributed by atoms with Crippen molar-refractivity contribution >= 4 is 17.3 Å². The predicted molar refractivity (Wildman–Crippen MR) is 121 cm³/mol. The maximum absolute atomic E-state index is 5.97. The SMILES string of the molecule is CCNC(=NCc1ccc(C)cc1OCCCOC)NCCc1sc(C)nc1C. The summed E-state index contributed by atoms with van der Waals surface area (Å²) in [6.45, 7) is 11.8. The maximum atomic E-state index is 5.97. The Hall–Kier alpha value is -2.12. The number of nitrogens with one attached hydrogen (secondary N) is 2.